The van der Waals surface area contributed by atoms with E-state index in [0.717, 1.165) is 11.9 Å². The molecule has 0 saturated heterocycles. The van der Waals surface area contributed by atoms with Gasteiger partial charge in [0, 0.05) is 18.9 Å². The number of benzene rings is 1. The first kappa shape index (κ1) is 14.8. The molecule has 0 unspecified atom stereocenters. The zero-order valence-electron chi connectivity index (χ0n) is 11.7. The Kier molecular flexibility index (Phi) is 5.26. The second-order valence-electron chi connectivity index (χ2n) is 5.86. The molecule has 19 heavy (non-hydrogen) atoms. The predicted molar refractivity (Wildman–Crippen MR) is 83.6 cm³/mol. The normalized spacial score (nSPS) is 18.9. The highest BCUT2D eigenvalue weighted by molar-refractivity contribution is 9.09. The third kappa shape index (κ3) is 3.71. The van der Waals surface area contributed by atoms with Crippen LogP contribution in [0.15, 0.2) is 24.3 Å². The van der Waals surface area contributed by atoms with Crippen LogP contribution in [0.1, 0.15) is 38.5 Å². The fraction of sp³-hybridized carbons (Fsp3) is 0.625. The van der Waals surface area contributed by atoms with E-state index in [0.29, 0.717) is 11.1 Å². The van der Waals surface area contributed by atoms with Crippen molar-refractivity contribution in [1.82, 2.24) is 0 Å². The molecule has 1 aromatic rings. The Balaban J connectivity index is 2.11. The minimum absolute atomic E-state index is 0.122. The largest absolute Gasteiger partial charge is 0.372 e. The SMILES string of the molecule is CN(CC1(CBr)CCCCCC1)c1ccccc1F. The van der Waals surface area contributed by atoms with Crippen LogP contribution in [0.5, 0.6) is 0 Å². The molecule has 0 aliphatic heterocycles. The maximum absolute atomic E-state index is 13.8. The van der Waals surface area contributed by atoms with Crippen LogP contribution in [0.4, 0.5) is 10.1 Å². The minimum atomic E-state index is -0.122. The van der Waals surface area contributed by atoms with E-state index in [4.69, 9.17) is 0 Å². The van der Waals surface area contributed by atoms with Gasteiger partial charge in [0.25, 0.3) is 0 Å². The highest BCUT2D eigenvalue weighted by Crippen LogP contribution is 2.38. The van der Waals surface area contributed by atoms with Gasteiger partial charge in [0.15, 0.2) is 0 Å². The summed E-state index contributed by atoms with van der Waals surface area (Å²) in [4.78, 5) is 2.09. The van der Waals surface area contributed by atoms with Gasteiger partial charge >= 0.3 is 0 Å². The lowest BCUT2D eigenvalue weighted by atomic mass is 9.82. The van der Waals surface area contributed by atoms with E-state index >= 15 is 0 Å². The Morgan fingerprint density at radius 2 is 1.79 bits per heavy atom. The summed E-state index contributed by atoms with van der Waals surface area (Å²) in [6, 6.07) is 7.06. The lowest BCUT2D eigenvalue weighted by Gasteiger charge is -2.36. The Morgan fingerprint density at radius 3 is 2.37 bits per heavy atom. The first-order valence-electron chi connectivity index (χ1n) is 7.18. The fourth-order valence-corrected chi connectivity index (χ4v) is 3.90. The second kappa shape index (κ2) is 6.74. The average molecular weight is 328 g/mol. The lowest BCUT2D eigenvalue weighted by Crippen LogP contribution is -2.37. The molecule has 0 amide bonds. The summed E-state index contributed by atoms with van der Waals surface area (Å²) in [7, 11) is 2.01. The van der Waals surface area contributed by atoms with Crippen molar-refractivity contribution in [3.8, 4) is 0 Å². The summed E-state index contributed by atoms with van der Waals surface area (Å²) in [5.74, 6) is -0.122. The van der Waals surface area contributed by atoms with E-state index < -0.39 is 0 Å². The lowest BCUT2D eigenvalue weighted by molar-refractivity contribution is 0.294. The molecule has 0 heterocycles. The number of rotatable bonds is 4. The molecule has 106 valence electrons. The summed E-state index contributed by atoms with van der Waals surface area (Å²) >= 11 is 3.70. The molecular weight excluding hydrogens is 305 g/mol. The molecule has 1 fully saturated rings. The van der Waals surface area contributed by atoms with E-state index in [2.05, 4.69) is 20.8 Å². The Hall–Kier alpha value is -0.570. The Labute approximate surface area is 124 Å². The standard InChI is InChI=1S/C16H23BrFN/c1-19(15-9-5-4-8-14(15)18)13-16(12-17)10-6-2-3-7-11-16/h4-5,8-9H,2-3,6-7,10-13H2,1H3. The zero-order chi connectivity index (χ0) is 13.7. The fourth-order valence-electron chi connectivity index (χ4n) is 3.16. The number of halogens is 2. The predicted octanol–water partition coefficient (Wildman–Crippen LogP) is 5.00. The van der Waals surface area contributed by atoms with E-state index in [-0.39, 0.29) is 5.82 Å². The number of hydrogen-bond acceptors (Lipinski definition) is 1. The van der Waals surface area contributed by atoms with Crippen molar-refractivity contribution in [2.24, 2.45) is 5.41 Å². The molecule has 1 aromatic carbocycles. The molecule has 1 saturated carbocycles. The first-order valence-corrected chi connectivity index (χ1v) is 8.31. The van der Waals surface area contributed by atoms with Gasteiger partial charge in [-0.3, -0.25) is 0 Å². The molecule has 1 aliphatic carbocycles. The number of nitrogens with zero attached hydrogens (tertiary/aromatic N) is 1. The van der Waals surface area contributed by atoms with Gasteiger partial charge in [-0.25, -0.2) is 4.39 Å². The Morgan fingerprint density at radius 1 is 1.16 bits per heavy atom. The van der Waals surface area contributed by atoms with Crippen molar-refractivity contribution in [2.75, 3.05) is 23.8 Å². The summed E-state index contributed by atoms with van der Waals surface area (Å²) in [6.07, 6.45) is 7.79. The summed E-state index contributed by atoms with van der Waals surface area (Å²) in [5, 5.41) is 1.01. The van der Waals surface area contributed by atoms with Crippen LogP contribution >= 0.6 is 15.9 Å². The molecule has 1 nitrogen and oxygen atoms in total. The molecule has 0 bridgehead atoms. The van der Waals surface area contributed by atoms with E-state index in [1.807, 2.05) is 19.2 Å². The third-order valence-corrected chi connectivity index (χ3v) is 5.47. The number of hydrogen-bond donors (Lipinski definition) is 0. The zero-order valence-corrected chi connectivity index (χ0v) is 13.3. The van der Waals surface area contributed by atoms with Crippen molar-refractivity contribution < 1.29 is 4.39 Å². The van der Waals surface area contributed by atoms with Gasteiger partial charge in [-0.15, -0.1) is 0 Å². The van der Waals surface area contributed by atoms with Crippen LogP contribution in [0.25, 0.3) is 0 Å². The molecule has 0 spiro atoms. The van der Waals surface area contributed by atoms with Crippen molar-refractivity contribution in [2.45, 2.75) is 38.5 Å². The van der Waals surface area contributed by atoms with E-state index in [1.165, 1.54) is 38.5 Å². The van der Waals surface area contributed by atoms with E-state index in [1.54, 1.807) is 12.1 Å². The number of para-hydroxylation sites is 1. The average Bonchev–Trinajstić information content (AvgIpc) is 2.65. The molecule has 3 heteroatoms. The Bertz CT molecular complexity index is 399. The van der Waals surface area contributed by atoms with Crippen LogP contribution in [0, 0.1) is 11.2 Å². The van der Waals surface area contributed by atoms with Crippen LogP contribution in [0.3, 0.4) is 0 Å². The van der Waals surface area contributed by atoms with Gasteiger partial charge in [-0.1, -0.05) is 53.7 Å². The van der Waals surface area contributed by atoms with Gasteiger partial charge < -0.3 is 4.90 Å². The molecule has 2 rings (SSSR count). The number of anilines is 1. The minimum Gasteiger partial charge on any atom is -0.372 e. The smallest absolute Gasteiger partial charge is 0.146 e. The van der Waals surface area contributed by atoms with E-state index in [9.17, 15) is 4.39 Å². The topological polar surface area (TPSA) is 3.24 Å². The number of alkyl halides is 1. The van der Waals surface area contributed by atoms with Gasteiger partial charge in [0.05, 0.1) is 5.69 Å². The summed E-state index contributed by atoms with van der Waals surface area (Å²) < 4.78 is 13.8. The highest BCUT2D eigenvalue weighted by atomic mass is 79.9. The molecule has 0 N–H and O–H groups in total. The second-order valence-corrected chi connectivity index (χ2v) is 6.42. The van der Waals surface area contributed by atoms with Crippen LogP contribution in [0.2, 0.25) is 0 Å². The van der Waals surface area contributed by atoms with Crippen molar-refractivity contribution >= 4 is 21.6 Å². The van der Waals surface area contributed by atoms with Crippen molar-refractivity contribution in [3.63, 3.8) is 0 Å². The monoisotopic (exact) mass is 327 g/mol. The molecule has 0 aromatic heterocycles. The van der Waals surface area contributed by atoms with Gasteiger partial charge in [0.1, 0.15) is 5.82 Å². The molecular formula is C16H23BrFN. The third-order valence-electron chi connectivity index (χ3n) is 4.28. The van der Waals surface area contributed by atoms with Gasteiger partial charge in [-0.05, 0) is 30.4 Å². The van der Waals surface area contributed by atoms with Crippen LogP contribution < -0.4 is 4.90 Å². The maximum Gasteiger partial charge on any atom is 0.146 e. The van der Waals surface area contributed by atoms with Gasteiger partial charge in [0.2, 0.25) is 0 Å². The van der Waals surface area contributed by atoms with Crippen molar-refractivity contribution in [3.05, 3.63) is 30.1 Å². The van der Waals surface area contributed by atoms with Crippen LogP contribution in [-0.2, 0) is 0 Å². The summed E-state index contributed by atoms with van der Waals surface area (Å²) in [6.45, 7) is 0.930. The summed E-state index contributed by atoms with van der Waals surface area (Å²) in [5.41, 5.74) is 1.01. The first-order chi connectivity index (χ1) is 9.17. The molecule has 1 aliphatic rings. The molecule has 0 radical (unpaired) electrons. The maximum atomic E-state index is 13.8. The highest BCUT2D eigenvalue weighted by Gasteiger charge is 2.31. The van der Waals surface area contributed by atoms with Crippen LogP contribution in [-0.4, -0.2) is 18.9 Å². The van der Waals surface area contributed by atoms with Gasteiger partial charge in [-0.2, -0.15) is 0 Å². The molecule has 0 atom stereocenters. The quantitative estimate of drug-likeness (QED) is 0.555. The van der Waals surface area contributed by atoms with Crippen molar-refractivity contribution in [1.29, 1.82) is 0 Å².